The summed E-state index contributed by atoms with van der Waals surface area (Å²) in [5.74, 6) is 0. The standard InChI is InChI=1S/C4H9O3P.C2H8N2.Sn/c5-8-6-3-1-2-4-7-8;3-1-2-4;/h8H,1-4H2;1-4H2;. The smallest absolute Gasteiger partial charge is 0.319 e. The number of hydrogen-bond acceptors (Lipinski definition) is 5. The van der Waals surface area contributed by atoms with Gasteiger partial charge >= 0.3 is 8.25 Å². The average Bonchev–Trinajstić information content (AvgIpc) is 2.33. The molecule has 4 radical (unpaired) electrons. The zero-order valence-electron chi connectivity index (χ0n) is 7.62. The first kappa shape index (κ1) is 16.3. The summed E-state index contributed by atoms with van der Waals surface area (Å²) in [5.41, 5.74) is 9.81. The normalized spacial score (nSPS) is 17.7. The number of rotatable bonds is 1. The summed E-state index contributed by atoms with van der Waals surface area (Å²) >= 11 is 0. The van der Waals surface area contributed by atoms with Crippen molar-refractivity contribution in [3.63, 3.8) is 0 Å². The van der Waals surface area contributed by atoms with Gasteiger partial charge in [-0.15, -0.1) is 0 Å². The Morgan fingerprint density at radius 3 is 1.77 bits per heavy atom. The SMILES string of the molecule is NCCN.O=[PH]1OCCCCO1.[Sn]. The maximum atomic E-state index is 10.4. The molecule has 0 unspecified atom stereocenters. The third-order valence-corrected chi connectivity index (χ3v) is 2.02. The van der Waals surface area contributed by atoms with Gasteiger partial charge < -0.3 is 20.5 Å². The molecule has 0 amide bonds. The fourth-order valence-electron chi connectivity index (χ4n) is 0.557. The van der Waals surface area contributed by atoms with E-state index in [4.69, 9.17) is 20.5 Å². The molecule has 0 atom stereocenters. The van der Waals surface area contributed by atoms with Crippen molar-refractivity contribution in [3.8, 4) is 0 Å². The van der Waals surface area contributed by atoms with E-state index in [1.54, 1.807) is 0 Å². The van der Waals surface area contributed by atoms with Crippen molar-refractivity contribution < 1.29 is 13.6 Å². The molecule has 1 rings (SSSR count). The molecule has 4 N–H and O–H groups in total. The van der Waals surface area contributed by atoms with Crippen molar-refractivity contribution in [2.75, 3.05) is 26.3 Å². The molecule has 7 heteroatoms. The number of nitrogens with two attached hydrogens (primary N) is 2. The second-order valence-corrected chi connectivity index (χ2v) is 3.31. The minimum absolute atomic E-state index is 0. The molecule has 0 aliphatic carbocycles. The van der Waals surface area contributed by atoms with Crippen molar-refractivity contribution in [2.45, 2.75) is 12.8 Å². The van der Waals surface area contributed by atoms with Crippen LogP contribution in [0.1, 0.15) is 12.8 Å². The molecule has 78 valence electrons. The monoisotopic (exact) mass is 316 g/mol. The molecule has 0 spiro atoms. The molecule has 1 aliphatic rings. The second-order valence-electron chi connectivity index (χ2n) is 2.23. The fraction of sp³-hybridized carbons (Fsp3) is 1.00. The molecule has 1 fully saturated rings. The third-order valence-electron chi connectivity index (χ3n) is 1.15. The topological polar surface area (TPSA) is 87.6 Å². The molecule has 13 heavy (non-hydrogen) atoms. The molecule has 0 aromatic carbocycles. The van der Waals surface area contributed by atoms with E-state index < -0.39 is 8.25 Å². The fourth-order valence-corrected chi connectivity index (χ4v) is 1.26. The van der Waals surface area contributed by atoms with E-state index in [1.165, 1.54) is 0 Å². The van der Waals surface area contributed by atoms with E-state index in [2.05, 4.69) is 0 Å². The van der Waals surface area contributed by atoms with E-state index >= 15 is 0 Å². The van der Waals surface area contributed by atoms with Crippen molar-refractivity contribution in [1.29, 1.82) is 0 Å². The molecule has 0 aromatic heterocycles. The van der Waals surface area contributed by atoms with Crippen LogP contribution in [0.15, 0.2) is 0 Å². The van der Waals surface area contributed by atoms with Gasteiger partial charge in [0.25, 0.3) is 0 Å². The predicted octanol–water partition coefficient (Wildman–Crippen LogP) is -0.274. The van der Waals surface area contributed by atoms with E-state index in [9.17, 15) is 4.57 Å². The number of hydrogen-bond donors (Lipinski definition) is 2. The first-order chi connectivity index (χ1) is 5.81. The summed E-state index contributed by atoms with van der Waals surface area (Å²) in [6.45, 7) is 2.38. The van der Waals surface area contributed by atoms with Gasteiger partial charge in [-0.1, -0.05) is 0 Å². The van der Waals surface area contributed by atoms with Gasteiger partial charge in [-0.05, 0) is 12.8 Å². The van der Waals surface area contributed by atoms with Gasteiger partial charge in [0.15, 0.2) is 0 Å². The Bertz CT molecular complexity index is 116. The predicted molar refractivity (Wildman–Crippen MR) is 54.0 cm³/mol. The van der Waals surface area contributed by atoms with Crippen LogP contribution in [0.25, 0.3) is 0 Å². The Balaban J connectivity index is 0. The van der Waals surface area contributed by atoms with Gasteiger partial charge in [0, 0.05) is 37.0 Å². The van der Waals surface area contributed by atoms with E-state index in [-0.39, 0.29) is 23.9 Å². The van der Waals surface area contributed by atoms with Gasteiger partial charge in [0.05, 0.1) is 13.2 Å². The molecular weight excluding hydrogens is 298 g/mol. The summed E-state index contributed by atoms with van der Waals surface area (Å²) in [4.78, 5) is 0. The molecule has 0 aromatic rings. The zero-order valence-corrected chi connectivity index (χ0v) is 11.5. The Morgan fingerprint density at radius 2 is 1.46 bits per heavy atom. The van der Waals surface area contributed by atoms with Crippen LogP contribution in [0.4, 0.5) is 0 Å². The van der Waals surface area contributed by atoms with Gasteiger partial charge in [-0.25, -0.2) is 0 Å². The summed E-state index contributed by atoms with van der Waals surface area (Å²) in [6.07, 6.45) is 1.94. The minimum Gasteiger partial charge on any atom is -0.329 e. The van der Waals surface area contributed by atoms with Gasteiger partial charge in [-0.3, -0.25) is 4.57 Å². The molecule has 0 saturated carbocycles. The molecule has 0 bridgehead atoms. The maximum absolute atomic E-state index is 10.4. The van der Waals surface area contributed by atoms with E-state index in [1.807, 2.05) is 0 Å². The van der Waals surface area contributed by atoms with Gasteiger partial charge in [0.1, 0.15) is 0 Å². The van der Waals surface area contributed by atoms with Crippen molar-refractivity contribution in [2.24, 2.45) is 11.5 Å². The van der Waals surface area contributed by atoms with Crippen LogP contribution >= 0.6 is 8.25 Å². The first-order valence-corrected chi connectivity index (χ1v) is 5.23. The third kappa shape index (κ3) is 12.9. The van der Waals surface area contributed by atoms with Crippen LogP contribution in [0, 0.1) is 0 Å². The van der Waals surface area contributed by atoms with Crippen molar-refractivity contribution >= 4 is 32.2 Å². The molecule has 1 aliphatic heterocycles. The van der Waals surface area contributed by atoms with Crippen LogP contribution < -0.4 is 11.5 Å². The quantitative estimate of drug-likeness (QED) is 0.514. The maximum Gasteiger partial charge on any atom is 0.319 e. The Morgan fingerprint density at radius 1 is 1.08 bits per heavy atom. The molecule has 1 saturated heterocycles. The van der Waals surface area contributed by atoms with Crippen LogP contribution in [-0.2, 0) is 13.6 Å². The average molecular weight is 315 g/mol. The van der Waals surface area contributed by atoms with Crippen LogP contribution in [-0.4, -0.2) is 50.2 Å². The Hall–Kier alpha value is 0.869. The first-order valence-electron chi connectivity index (χ1n) is 4.01. The summed E-state index contributed by atoms with van der Waals surface area (Å²) < 4.78 is 19.9. The van der Waals surface area contributed by atoms with E-state index in [0.29, 0.717) is 26.3 Å². The molecular formula is C6H17N2O3PSn. The molecule has 1 heterocycles. The van der Waals surface area contributed by atoms with Gasteiger partial charge in [0.2, 0.25) is 0 Å². The Labute approximate surface area is 96.4 Å². The Kier molecular flexibility index (Phi) is 16.1. The van der Waals surface area contributed by atoms with Crippen LogP contribution in [0.5, 0.6) is 0 Å². The zero-order chi connectivity index (χ0) is 9.23. The summed E-state index contributed by atoms with van der Waals surface area (Å²) in [7, 11) is -2.08. The largest absolute Gasteiger partial charge is 0.329 e. The van der Waals surface area contributed by atoms with Crippen LogP contribution in [0.3, 0.4) is 0 Å². The summed E-state index contributed by atoms with van der Waals surface area (Å²) in [6, 6.07) is 0. The van der Waals surface area contributed by atoms with Gasteiger partial charge in [-0.2, -0.15) is 0 Å². The second kappa shape index (κ2) is 12.9. The van der Waals surface area contributed by atoms with E-state index in [0.717, 1.165) is 12.8 Å². The van der Waals surface area contributed by atoms with Crippen molar-refractivity contribution in [3.05, 3.63) is 0 Å². The molecule has 5 nitrogen and oxygen atoms in total. The summed E-state index contributed by atoms with van der Waals surface area (Å²) in [5, 5.41) is 0. The van der Waals surface area contributed by atoms with Crippen molar-refractivity contribution in [1.82, 2.24) is 0 Å². The minimum atomic E-state index is -2.08. The van der Waals surface area contributed by atoms with Crippen LogP contribution in [0.2, 0.25) is 0 Å².